The van der Waals surface area contributed by atoms with Crippen LogP contribution in [0.3, 0.4) is 0 Å². The highest BCUT2D eigenvalue weighted by atomic mass is 35.5. The van der Waals surface area contributed by atoms with Gasteiger partial charge in [0.25, 0.3) is 10.0 Å². The number of amides is 1. The minimum absolute atomic E-state index is 0.0830. The molecule has 4 rings (SSSR count). The van der Waals surface area contributed by atoms with E-state index in [2.05, 4.69) is 22.4 Å². The van der Waals surface area contributed by atoms with Crippen molar-refractivity contribution in [2.75, 3.05) is 39.3 Å². The average molecular weight is 460 g/mol. The van der Waals surface area contributed by atoms with Gasteiger partial charge in [-0.2, -0.15) is 4.31 Å². The second-order valence-corrected chi connectivity index (χ2v) is 11.8. The van der Waals surface area contributed by atoms with E-state index in [1.807, 2.05) is 0 Å². The van der Waals surface area contributed by atoms with Gasteiger partial charge in [-0.05, 0) is 43.0 Å². The van der Waals surface area contributed by atoms with Crippen molar-refractivity contribution >= 4 is 50.2 Å². The molecule has 0 aliphatic carbocycles. The molecule has 2 aromatic heterocycles. The van der Waals surface area contributed by atoms with Crippen LogP contribution in [-0.4, -0.2) is 67.7 Å². The third-order valence-electron chi connectivity index (χ3n) is 5.31. The molecular weight excluding hydrogens is 438 g/mol. The van der Waals surface area contributed by atoms with E-state index in [-0.39, 0.29) is 10.1 Å². The molecule has 0 aromatic carbocycles. The molecule has 152 valence electrons. The summed E-state index contributed by atoms with van der Waals surface area (Å²) in [6.45, 7) is 2.82. The largest absolute Gasteiger partial charge is 0.339 e. The van der Waals surface area contributed by atoms with Crippen molar-refractivity contribution in [2.24, 2.45) is 0 Å². The van der Waals surface area contributed by atoms with Gasteiger partial charge in [0, 0.05) is 37.1 Å². The number of thiophene rings is 2. The van der Waals surface area contributed by atoms with Crippen LogP contribution in [0.15, 0.2) is 33.9 Å². The first-order valence-corrected chi connectivity index (χ1v) is 12.8. The number of likely N-dealkylation sites (tertiary alicyclic amines) is 1. The second-order valence-electron chi connectivity index (χ2n) is 6.99. The molecule has 4 heterocycles. The monoisotopic (exact) mass is 459 g/mol. The Morgan fingerprint density at radius 1 is 1.14 bits per heavy atom. The predicted octanol–water partition coefficient (Wildman–Crippen LogP) is 3.13. The van der Waals surface area contributed by atoms with E-state index in [0.29, 0.717) is 43.1 Å². The number of nitrogens with zero attached hydrogens (tertiary/aromatic N) is 3. The zero-order valence-corrected chi connectivity index (χ0v) is 18.5. The minimum atomic E-state index is -3.53. The summed E-state index contributed by atoms with van der Waals surface area (Å²) in [5.74, 6) is 0.0830. The van der Waals surface area contributed by atoms with Crippen LogP contribution in [0.2, 0.25) is 4.34 Å². The maximum Gasteiger partial charge on any atom is 0.252 e. The maximum atomic E-state index is 12.8. The van der Waals surface area contributed by atoms with E-state index in [1.54, 1.807) is 22.3 Å². The molecule has 28 heavy (non-hydrogen) atoms. The van der Waals surface area contributed by atoms with Crippen LogP contribution >= 0.6 is 34.3 Å². The summed E-state index contributed by atoms with van der Waals surface area (Å²) in [5.41, 5.74) is 0. The SMILES string of the molecule is O=C(CN1CCCC1c1cccs1)N1CCN(S(=O)(=O)c2ccc(Cl)s2)CC1. The summed E-state index contributed by atoms with van der Waals surface area (Å²) in [5, 5.41) is 2.08. The molecule has 0 radical (unpaired) electrons. The predicted molar refractivity (Wildman–Crippen MR) is 113 cm³/mol. The van der Waals surface area contributed by atoms with Crippen molar-refractivity contribution in [2.45, 2.75) is 23.1 Å². The van der Waals surface area contributed by atoms with Crippen molar-refractivity contribution < 1.29 is 13.2 Å². The lowest BCUT2D eigenvalue weighted by atomic mass is 10.2. The smallest absolute Gasteiger partial charge is 0.252 e. The highest BCUT2D eigenvalue weighted by molar-refractivity contribution is 7.91. The van der Waals surface area contributed by atoms with Gasteiger partial charge in [0.1, 0.15) is 4.21 Å². The van der Waals surface area contributed by atoms with Gasteiger partial charge in [-0.25, -0.2) is 8.42 Å². The minimum Gasteiger partial charge on any atom is -0.339 e. The lowest BCUT2D eigenvalue weighted by Gasteiger charge is -2.35. The number of halogens is 1. The fraction of sp³-hybridized carbons (Fsp3) is 0.500. The molecular formula is C18H22ClN3O3S3. The fourth-order valence-corrected chi connectivity index (χ4v) is 7.79. The van der Waals surface area contributed by atoms with Gasteiger partial charge in [0.2, 0.25) is 5.91 Å². The fourth-order valence-electron chi connectivity index (χ4n) is 3.83. The summed E-state index contributed by atoms with van der Waals surface area (Å²) < 4.78 is 27.6. The Morgan fingerprint density at radius 2 is 1.93 bits per heavy atom. The molecule has 0 bridgehead atoms. The average Bonchev–Trinajstić information content (AvgIpc) is 3.43. The summed E-state index contributed by atoms with van der Waals surface area (Å²) in [6, 6.07) is 7.66. The summed E-state index contributed by atoms with van der Waals surface area (Å²) in [7, 11) is -3.53. The Balaban J connectivity index is 1.34. The van der Waals surface area contributed by atoms with Gasteiger partial charge in [-0.1, -0.05) is 17.7 Å². The van der Waals surface area contributed by atoms with Crippen LogP contribution < -0.4 is 0 Å². The quantitative estimate of drug-likeness (QED) is 0.689. The Kier molecular flexibility index (Phi) is 6.10. The Morgan fingerprint density at radius 3 is 2.57 bits per heavy atom. The van der Waals surface area contributed by atoms with Crippen molar-refractivity contribution in [3.63, 3.8) is 0 Å². The number of rotatable bonds is 5. The summed E-state index contributed by atoms with van der Waals surface area (Å²) >= 11 is 8.68. The van der Waals surface area contributed by atoms with Crippen LogP contribution in [-0.2, 0) is 14.8 Å². The highest BCUT2D eigenvalue weighted by Gasteiger charge is 2.33. The molecule has 2 saturated heterocycles. The molecule has 2 aliphatic heterocycles. The van der Waals surface area contributed by atoms with Crippen LogP contribution in [0, 0.1) is 0 Å². The van der Waals surface area contributed by atoms with E-state index in [0.717, 1.165) is 30.7 Å². The molecule has 2 fully saturated rings. The molecule has 6 nitrogen and oxygen atoms in total. The Hall–Kier alpha value is -0.970. The molecule has 1 atom stereocenters. The van der Waals surface area contributed by atoms with Crippen molar-refractivity contribution in [3.05, 3.63) is 38.9 Å². The zero-order chi connectivity index (χ0) is 19.7. The first kappa shape index (κ1) is 20.3. The van der Waals surface area contributed by atoms with Crippen LogP contribution in [0.25, 0.3) is 0 Å². The number of hydrogen-bond acceptors (Lipinski definition) is 6. The molecule has 1 amide bonds. The lowest BCUT2D eigenvalue weighted by Crippen LogP contribution is -2.52. The second kappa shape index (κ2) is 8.41. The molecule has 1 unspecified atom stereocenters. The van der Waals surface area contributed by atoms with E-state index in [4.69, 9.17) is 11.6 Å². The third kappa shape index (κ3) is 4.15. The summed E-state index contributed by atoms with van der Waals surface area (Å²) in [6.07, 6.45) is 2.19. The van der Waals surface area contributed by atoms with E-state index in [1.165, 1.54) is 15.2 Å². The number of carbonyl (C=O) groups is 1. The van der Waals surface area contributed by atoms with Crippen LogP contribution in [0.1, 0.15) is 23.8 Å². The van der Waals surface area contributed by atoms with Gasteiger partial charge in [0.05, 0.1) is 10.9 Å². The Bertz CT molecular complexity index is 921. The summed E-state index contributed by atoms with van der Waals surface area (Å²) in [4.78, 5) is 18.2. The number of sulfonamides is 1. The first-order valence-electron chi connectivity index (χ1n) is 9.26. The van der Waals surface area contributed by atoms with Gasteiger partial charge < -0.3 is 4.90 Å². The maximum absolute atomic E-state index is 12.8. The first-order chi connectivity index (χ1) is 13.4. The number of carbonyl (C=O) groups excluding carboxylic acids is 1. The normalized spacial score (nSPS) is 22.0. The van der Waals surface area contributed by atoms with E-state index >= 15 is 0 Å². The molecule has 0 spiro atoms. The molecule has 0 saturated carbocycles. The molecule has 2 aromatic rings. The van der Waals surface area contributed by atoms with Crippen LogP contribution in [0.4, 0.5) is 0 Å². The topological polar surface area (TPSA) is 60.9 Å². The van der Waals surface area contributed by atoms with Crippen molar-refractivity contribution in [1.82, 2.24) is 14.1 Å². The number of hydrogen-bond donors (Lipinski definition) is 0. The van der Waals surface area contributed by atoms with Gasteiger partial charge in [-0.15, -0.1) is 22.7 Å². The van der Waals surface area contributed by atoms with Gasteiger partial charge in [0.15, 0.2) is 0 Å². The van der Waals surface area contributed by atoms with Gasteiger partial charge in [-0.3, -0.25) is 9.69 Å². The zero-order valence-electron chi connectivity index (χ0n) is 15.3. The third-order valence-corrected chi connectivity index (χ3v) is 9.88. The van der Waals surface area contributed by atoms with Gasteiger partial charge >= 0.3 is 0 Å². The number of piperazine rings is 1. The molecule has 2 aliphatic rings. The van der Waals surface area contributed by atoms with E-state index < -0.39 is 10.0 Å². The van der Waals surface area contributed by atoms with Crippen molar-refractivity contribution in [3.8, 4) is 0 Å². The van der Waals surface area contributed by atoms with Crippen LogP contribution in [0.5, 0.6) is 0 Å². The molecule has 10 heteroatoms. The lowest BCUT2D eigenvalue weighted by molar-refractivity contribution is -0.133. The standard InChI is InChI=1S/C18H22ClN3O3S3/c19-16-5-6-18(27-16)28(24,25)22-10-8-20(9-11-22)17(23)13-21-7-1-3-14(21)15-4-2-12-26-15/h2,4-6,12,14H,1,3,7-11,13H2. The van der Waals surface area contributed by atoms with E-state index in [9.17, 15) is 13.2 Å². The Labute approximate surface area is 178 Å². The highest BCUT2D eigenvalue weighted by Crippen LogP contribution is 2.34. The molecule has 0 N–H and O–H groups in total. The van der Waals surface area contributed by atoms with Crippen molar-refractivity contribution in [1.29, 1.82) is 0 Å².